The summed E-state index contributed by atoms with van der Waals surface area (Å²) in [5.41, 5.74) is 3.15. The third-order valence-corrected chi connectivity index (χ3v) is 13.1. The molecule has 1 spiro atoms. The molecule has 0 bridgehead atoms. The van der Waals surface area contributed by atoms with Crippen LogP contribution in [0.1, 0.15) is 113 Å². The number of hydrogen-bond donors (Lipinski definition) is 0. The largest absolute Gasteiger partial charge is 0.461 e. The lowest BCUT2D eigenvalue weighted by Crippen LogP contribution is -2.52. The van der Waals surface area contributed by atoms with Crippen LogP contribution in [-0.4, -0.2) is 16.0 Å². The van der Waals surface area contributed by atoms with Gasteiger partial charge in [-0.2, -0.15) is 0 Å². The van der Waals surface area contributed by atoms with Gasteiger partial charge in [-0.3, -0.25) is 4.79 Å². The highest BCUT2D eigenvalue weighted by atomic mass is 127. The molecule has 0 aromatic heterocycles. The molecule has 5 aliphatic carbocycles. The Kier molecular flexibility index (Phi) is 7.05. The highest BCUT2D eigenvalue weighted by Gasteiger charge is 2.75. The van der Waals surface area contributed by atoms with E-state index >= 15 is 0 Å². The zero-order valence-corrected chi connectivity index (χ0v) is 25.7. The Hall–Kier alpha value is -0.0600. The van der Waals surface area contributed by atoms with Crippen molar-refractivity contribution in [3.05, 3.63) is 11.6 Å². The Morgan fingerprint density at radius 1 is 1.14 bits per heavy atom. The lowest BCUT2D eigenvalue weighted by Gasteiger charge is -2.59. The number of hydrogen-bond acceptors (Lipinski definition) is 2. The second-order valence-electron chi connectivity index (χ2n) is 14.5. The Balaban J connectivity index is 1.33. The molecule has 0 heterocycles. The third kappa shape index (κ3) is 4.01. The van der Waals surface area contributed by atoms with Gasteiger partial charge in [0.25, 0.3) is 0 Å². The summed E-state index contributed by atoms with van der Waals surface area (Å²) in [5.74, 6) is 5.80. The van der Waals surface area contributed by atoms with E-state index in [-0.39, 0.29) is 16.0 Å². The molecule has 0 aromatic carbocycles. The number of esters is 1. The highest BCUT2D eigenvalue weighted by molar-refractivity contribution is 14.1. The van der Waals surface area contributed by atoms with Crippen molar-refractivity contribution >= 4 is 28.6 Å². The molecule has 4 unspecified atom stereocenters. The summed E-state index contributed by atoms with van der Waals surface area (Å²) in [6.07, 6.45) is 16.3. The molecular formula is C32H51IO2. The number of carbonyl (C=O) groups excluding carboxylic acids is 1. The van der Waals surface area contributed by atoms with Gasteiger partial charge in [0.2, 0.25) is 0 Å². The van der Waals surface area contributed by atoms with Crippen LogP contribution in [0.15, 0.2) is 11.6 Å². The fourth-order valence-electron chi connectivity index (χ4n) is 10.8. The van der Waals surface area contributed by atoms with Gasteiger partial charge in [-0.05, 0) is 110 Å². The topological polar surface area (TPSA) is 26.3 Å². The fourth-order valence-corrected chi connectivity index (χ4v) is 11.0. The van der Waals surface area contributed by atoms with Crippen LogP contribution in [0.25, 0.3) is 0 Å². The van der Waals surface area contributed by atoms with E-state index in [4.69, 9.17) is 4.74 Å². The van der Waals surface area contributed by atoms with Crippen molar-refractivity contribution < 1.29 is 9.53 Å². The summed E-state index contributed by atoms with van der Waals surface area (Å²) in [4.78, 5) is 12.4. The Bertz CT molecular complexity index is 862. The maximum Gasteiger partial charge on any atom is 0.318 e. The monoisotopic (exact) mass is 594 g/mol. The van der Waals surface area contributed by atoms with E-state index in [0.29, 0.717) is 22.2 Å². The normalized spacial score (nSPS) is 49.2. The minimum Gasteiger partial charge on any atom is -0.461 e. The summed E-state index contributed by atoms with van der Waals surface area (Å²) in [6.45, 7) is 17.0. The minimum absolute atomic E-state index is 0.0356. The van der Waals surface area contributed by atoms with E-state index in [1.165, 1.54) is 57.8 Å². The van der Waals surface area contributed by atoms with Crippen LogP contribution in [0.3, 0.4) is 0 Å². The molecule has 198 valence electrons. The van der Waals surface area contributed by atoms with Crippen LogP contribution in [0.5, 0.6) is 0 Å². The average Bonchev–Trinajstić information content (AvgIpc) is 3.21. The van der Waals surface area contributed by atoms with Gasteiger partial charge in [0.1, 0.15) is 10.0 Å². The summed E-state index contributed by atoms with van der Waals surface area (Å²) in [7, 11) is 0. The van der Waals surface area contributed by atoms with Gasteiger partial charge in [-0.1, -0.05) is 88.6 Å². The molecule has 0 amide bonds. The number of fused-ring (bicyclic) bond motifs is 6. The van der Waals surface area contributed by atoms with E-state index in [0.717, 1.165) is 41.9 Å². The predicted molar refractivity (Wildman–Crippen MR) is 153 cm³/mol. The molecule has 0 aromatic rings. The molecule has 11 atom stereocenters. The van der Waals surface area contributed by atoms with E-state index in [9.17, 15) is 4.79 Å². The summed E-state index contributed by atoms with van der Waals surface area (Å²) in [5, 5.41) is 0. The van der Waals surface area contributed by atoms with E-state index in [1.54, 1.807) is 5.57 Å². The second kappa shape index (κ2) is 9.30. The van der Waals surface area contributed by atoms with Gasteiger partial charge in [0.15, 0.2) is 0 Å². The number of halogens is 1. The lowest BCUT2D eigenvalue weighted by atomic mass is 9.46. The third-order valence-electron chi connectivity index (χ3n) is 12.6. The summed E-state index contributed by atoms with van der Waals surface area (Å²) >= 11 is 2.18. The quantitative estimate of drug-likeness (QED) is 0.133. The summed E-state index contributed by atoms with van der Waals surface area (Å²) in [6, 6.07) is 0. The molecule has 4 saturated carbocycles. The zero-order valence-electron chi connectivity index (χ0n) is 23.5. The van der Waals surface area contributed by atoms with Crippen LogP contribution in [-0.2, 0) is 9.53 Å². The van der Waals surface area contributed by atoms with Crippen molar-refractivity contribution in [3.8, 4) is 0 Å². The van der Waals surface area contributed by atoms with Gasteiger partial charge < -0.3 is 4.74 Å². The van der Waals surface area contributed by atoms with E-state index in [2.05, 4.69) is 70.2 Å². The van der Waals surface area contributed by atoms with Crippen molar-refractivity contribution in [2.75, 3.05) is 0 Å². The number of rotatable bonds is 6. The number of alkyl halides is 1. The second-order valence-corrected chi connectivity index (χ2v) is 16.4. The maximum absolute atomic E-state index is 12.4. The van der Waals surface area contributed by atoms with Crippen LogP contribution < -0.4 is 0 Å². The SMILES string of the molecule is CC(C)CCCC1C(C)[C@@]12CC[C@H]1C3CC=C4C[C@@H](OC(=O)C(C)I)[C@H](C)C[C@]4(C)[C@H]3CC[C@@]12C. The first-order chi connectivity index (χ1) is 16.5. The Morgan fingerprint density at radius 3 is 2.54 bits per heavy atom. The van der Waals surface area contributed by atoms with Crippen LogP contribution >= 0.6 is 22.6 Å². The van der Waals surface area contributed by atoms with E-state index in [1.807, 2.05) is 6.92 Å². The number of allylic oxidation sites excluding steroid dienone is 1. The molecule has 35 heavy (non-hydrogen) atoms. The molecule has 0 radical (unpaired) electrons. The van der Waals surface area contributed by atoms with Crippen molar-refractivity contribution in [3.63, 3.8) is 0 Å². The molecule has 0 saturated heterocycles. The van der Waals surface area contributed by atoms with Gasteiger partial charge in [0, 0.05) is 6.42 Å². The van der Waals surface area contributed by atoms with Gasteiger partial charge >= 0.3 is 5.97 Å². The van der Waals surface area contributed by atoms with Crippen LogP contribution in [0, 0.1) is 57.7 Å². The van der Waals surface area contributed by atoms with Crippen molar-refractivity contribution in [1.29, 1.82) is 0 Å². The molecule has 3 heteroatoms. The van der Waals surface area contributed by atoms with Crippen molar-refractivity contribution in [2.24, 2.45) is 57.7 Å². The van der Waals surface area contributed by atoms with Crippen LogP contribution in [0.4, 0.5) is 0 Å². The highest BCUT2D eigenvalue weighted by Crippen LogP contribution is 2.82. The van der Waals surface area contributed by atoms with Gasteiger partial charge in [-0.15, -0.1) is 0 Å². The zero-order chi connectivity index (χ0) is 25.3. The maximum atomic E-state index is 12.4. The van der Waals surface area contributed by atoms with Crippen molar-refractivity contribution in [2.45, 2.75) is 123 Å². The van der Waals surface area contributed by atoms with Gasteiger partial charge in [0.05, 0.1) is 0 Å². The molecule has 5 aliphatic rings. The van der Waals surface area contributed by atoms with Crippen LogP contribution in [0.2, 0.25) is 0 Å². The Labute approximate surface area is 229 Å². The molecule has 2 nitrogen and oxygen atoms in total. The average molecular weight is 595 g/mol. The number of carbonyl (C=O) groups is 1. The van der Waals surface area contributed by atoms with E-state index < -0.39 is 0 Å². The first-order valence-corrected chi connectivity index (χ1v) is 16.2. The lowest BCUT2D eigenvalue weighted by molar-refractivity contribution is -0.153. The minimum atomic E-state index is -0.0671. The Morgan fingerprint density at radius 2 is 1.86 bits per heavy atom. The number of ether oxygens (including phenoxy) is 1. The molecule has 4 fully saturated rings. The first-order valence-electron chi connectivity index (χ1n) is 15.0. The smallest absolute Gasteiger partial charge is 0.318 e. The fraction of sp³-hybridized carbons (Fsp3) is 0.906. The molecule has 0 N–H and O–H groups in total. The summed E-state index contributed by atoms with van der Waals surface area (Å²) < 4.78 is 5.93. The first kappa shape index (κ1) is 26.5. The standard InChI is InChI=1S/C32H51IO2/c1-19(2)9-8-10-25-21(4)32(25)16-14-27-24-12-11-23-17-28(35-29(34)22(5)33)20(3)18-30(23,6)26(24)13-15-31(27,32)7/h11,19-22,24-28H,8-10,12-18H2,1-7H3/t20-,21?,22?,24?,25?,26+,27+,28-,30+,31+,32+/m1/s1. The molecule has 5 rings (SSSR count). The van der Waals surface area contributed by atoms with Gasteiger partial charge in [-0.25, -0.2) is 0 Å². The predicted octanol–water partition coefficient (Wildman–Crippen LogP) is 9.01. The molecular weight excluding hydrogens is 543 g/mol. The molecule has 0 aliphatic heterocycles. The van der Waals surface area contributed by atoms with Crippen molar-refractivity contribution in [1.82, 2.24) is 0 Å².